The highest BCUT2D eigenvalue weighted by atomic mass is 16.4. The molecule has 1 aromatic rings. The third-order valence-electron chi connectivity index (χ3n) is 1.87. The van der Waals surface area contributed by atoms with Gasteiger partial charge in [-0.05, 0) is 12.5 Å². The highest BCUT2D eigenvalue weighted by Gasteiger charge is 2.28. The molecule has 0 saturated heterocycles. The summed E-state index contributed by atoms with van der Waals surface area (Å²) in [5.41, 5.74) is 4.91. The van der Waals surface area contributed by atoms with Crippen LogP contribution in [0, 0.1) is 0 Å². The molecule has 0 radical (unpaired) electrons. The molecule has 0 unspecified atom stereocenters. The van der Waals surface area contributed by atoms with Gasteiger partial charge < -0.3 is 15.9 Å². The standard InChI is InChI=1S/C9H12N2O3/c1-9(10,8(13)14)4-6-2-3-7(12)11-5-6/h2-3,5H,4,10H2,1H3,(H,11,12)(H,13,14)/t9-/m0/s1. The SMILES string of the molecule is C[C@](N)(Cc1ccc(O)nc1)C(=O)O. The van der Waals surface area contributed by atoms with Gasteiger partial charge in [0, 0.05) is 18.7 Å². The van der Waals surface area contributed by atoms with E-state index in [0.717, 1.165) is 0 Å². The van der Waals surface area contributed by atoms with Gasteiger partial charge in [0.15, 0.2) is 0 Å². The lowest BCUT2D eigenvalue weighted by atomic mass is 9.95. The largest absolute Gasteiger partial charge is 0.493 e. The average Bonchev–Trinajstić information content (AvgIpc) is 2.08. The van der Waals surface area contributed by atoms with Gasteiger partial charge in [-0.2, -0.15) is 0 Å². The summed E-state index contributed by atoms with van der Waals surface area (Å²) >= 11 is 0. The van der Waals surface area contributed by atoms with Gasteiger partial charge in [-0.25, -0.2) is 4.98 Å². The second-order valence-corrected chi connectivity index (χ2v) is 3.42. The van der Waals surface area contributed by atoms with E-state index in [-0.39, 0.29) is 12.3 Å². The molecule has 0 saturated carbocycles. The maximum atomic E-state index is 10.7. The number of carboxylic acid groups (broad SMARTS) is 1. The lowest BCUT2D eigenvalue weighted by Gasteiger charge is -2.18. The molecule has 5 nitrogen and oxygen atoms in total. The Bertz CT molecular complexity index is 332. The fraction of sp³-hybridized carbons (Fsp3) is 0.333. The van der Waals surface area contributed by atoms with Crippen LogP contribution in [0.2, 0.25) is 0 Å². The topological polar surface area (TPSA) is 96.4 Å². The number of aromatic nitrogens is 1. The molecule has 0 aliphatic rings. The molecule has 0 amide bonds. The molecule has 14 heavy (non-hydrogen) atoms. The fourth-order valence-electron chi connectivity index (χ4n) is 1.02. The van der Waals surface area contributed by atoms with Crippen molar-refractivity contribution >= 4 is 5.97 Å². The molecule has 1 heterocycles. The van der Waals surface area contributed by atoms with Crippen LogP contribution in [0.5, 0.6) is 5.88 Å². The average molecular weight is 196 g/mol. The molecule has 1 rings (SSSR count). The number of carbonyl (C=O) groups is 1. The quantitative estimate of drug-likeness (QED) is 0.638. The molecule has 4 N–H and O–H groups in total. The number of nitrogens with two attached hydrogens (primary N) is 1. The second-order valence-electron chi connectivity index (χ2n) is 3.42. The number of hydrogen-bond acceptors (Lipinski definition) is 4. The number of pyridine rings is 1. The Labute approximate surface area is 81.2 Å². The first-order chi connectivity index (χ1) is 6.42. The molecular weight excluding hydrogens is 184 g/mol. The summed E-state index contributed by atoms with van der Waals surface area (Å²) in [7, 11) is 0. The van der Waals surface area contributed by atoms with E-state index in [1.807, 2.05) is 0 Å². The number of aromatic hydroxyl groups is 1. The Morgan fingerprint density at radius 1 is 1.64 bits per heavy atom. The second kappa shape index (κ2) is 3.63. The first-order valence-corrected chi connectivity index (χ1v) is 4.08. The highest BCUT2D eigenvalue weighted by molar-refractivity contribution is 5.78. The van der Waals surface area contributed by atoms with Gasteiger partial charge in [-0.1, -0.05) is 6.07 Å². The number of rotatable bonds is 3. The van der Waals surface area contributed by atoms with E-state index in [0.29, 0.717) is 5.56 Å². The van der Waals surface area contributed by atoms with Crippen LogP contribution in [0.25, 0.3) is 0 Å². The molecule has 5 heteroatoms. The van der Waals surface area contributed by atoms with Crippen LogP contribution in [-0.2, 0) is 11.2 Å². The van der Waals surface area contributed by atoms with E-state index in [4.69, 9.17) is 15.9 Å². The van der Waals surface area contributed by atoms with Crippen molar-refractivity contribution in [3.8, 4) is 5.88 Å². The van der Waals surface area contributed by atoms with Crippen molar-refractivity contribution in [2.45, 2.75) is 18.9 Å². The van der Waals surface area contributed by atoms with E-state index in [9.17, 15) is 4.79 Å². The first-order valence-electron chi connectivity index (χ1n) is 4.08. The highest BCUT2D eigenvalue weighted by Crippen LogP contribution is 2.12. The van der Waals surface area contributed by atoms with Gasteiger partial charge in [0.05, 0.1) is 0 Å². The third kappa shape index (κ3) is 2.43. The zero-order valence-corrected chi connectivity index (χ0v) is 7.77. The van der Waals surface area contributed by atoms with Crippen molar-refractivity contribution in [3.05, 3.63) is 23.9 Å². The molecule has 0 aromatic carbocycles. The van der Waals surface area contributed by atoms with Gasteiger partial charge in [0.1, 0.15) is 5.54 Å². The van der Waals surface area contributed by atoms with Crippen LogP contribution in [0.15, 0.2) is 18.3 Å². The van der Waals surface area contributed by atoms with Crippen molar-refractivity contribution in [1.29, 1.82) is 0 Å². The minimum Gasteiger partial charge on any atom is -0.493 e. The predicted molar refractivity (Wildman–Crippen MR) is 49.8 cm³/mol. The minimum absolute atomic E-state index is 0.0946. The van der Waals surface area contributed by atoms with Gasteiger partial charge in [0.2, 0.25) is 5.88 Å². The van der Waals surface area contributed by atoms with E-state index in [1.165, 1.54) is 19.2 Å². The Kier molecular flexibility index (Phi) is 2.71. The summed E-state index contributed by atoms with van der Waals surface area (Å²) in [4.78, 5) is 14.3. The Hall–Kier alpha value is -1.62. The van der Waals surface area contributed by atoms with Crippen LogP contribution in [0.3, 0.4) is 0 Å². The fourth-order valence-corrected chi connectivity index (χ4v) is 1.02. The summed E-state index contributed by atoms with van der Waals surface area (Å²) in [5, 5.41) is 17.7. The van der Waals surface area contributed by atoms with E-state index < -0.39 is 11.5 Å². The minimum atomic E-state index is -1.31. The van der Waals surface area contributed by atoms with Crippen molar-refractivity contribution < 1.29 is 15.0 Å². The molecule has 0 fully saturated rings. The summed E-state index contributed by atoms with van der Waals surface area (Å²) in [6.07, 6.45) is 1.58. The van der Waals surface area contributed by atoms with Gasteiger partial charge in [0.25, 0.3) is 0 Å². The van der Waals surface area contributed by atoms with Crippen molar-refractivity contribution in [3.63, 3.8) is 0 Å². The molecule has 0 spiro atoms. The molecule has 0 bridgehead atoms. The Balaban J connectivity index is 2.79. The first kappa shape index (κ1) is 10.5. The maximum Gasteiger partial charge on any atom is 0.323 e. The Morgan fingerprint density at radius 3 is 2.71 bits per heavy atom. The van der Waals surface area contributed by atoms with E-state index >= 15 is 0 Å². The zero-order chi connectivity index (χ0) is 10.8. The Morgan fingerprint density at radius 2 is 2.29 bits per heavy atom. The van der Waals surface area contributed by atoms with Crippen LogP contribution < -0.4 is 5.73 Å². The summed E-state index contributed by atoms with van der Waals surface area (Å²) < 4.78 is 0. The van der Waals surface area contributed by atoms with Crippen molar-refractivity contribution in [1.82, 2.24) is 4.98 Å². The molecule has 1 atom stereocenters. The lowest BCUT2D eigenvalue weighted by Crippen LogP contribution is -2.46. The van der Waals surface area contributed by atoms with Crippen molar-refractivity contribution in [2.24, 2.45) is 5.73 Å². The lowest BCUT2D eigenvalue weighted by molar-refractivity contribution is -0.142. The van der Waals surface area contributed by atoms with Crippen LogP contribution >= 0.6 is 0 Å². The van der Waals surface area contributed by atoms with E-state index in [1.54, 1.807) is 6.07 Å². The summed E-state index contributed by atoms with van der Waals surface area (Å²) in [6.45, 7) is 1.43. The number of hydrogen-bond donors (Lipinski definition) is 3. The molecule has 0 aliphatic heterocycles. The van der Waals surface area contributed by atoms with Crippen LogP contribution in [-0.4, -0.2) is 26.7 Å². The van der Waals surface area contributed by atoms with Crippen LogP contribution in [0.4, 0.5) is 0 Å². The van der Waals surface area contributed by atoms with E-state index in [2.05, 4.69) is 4.98 Å². The smallest absolute Gasteiger partial charge is 0.323 e. The van der Waals surface area contributed by atoms with Gasteiger partial charge >= 0.3 is 5.97 Å². The maximum absolute atomic E-state index is 10.7. The normalized spacial score (nSPS) is 14.7. The monoisotopic (exact) mass is 196 g/mol. The molecule has 76 valence electrons. The number of aliphatic carboxylic acids is 1. The summed E-state index contributed by atoms with van der Waals surface area (Å²) in [5.74, 6) is -1.16. The summed E-state index contributed by atoms with van der Waals surface area (Å²) in [6, 6.07) is 2.99. The number of nitrogens with zero attached hydrogens (tertiary/aromatic N) is 1. The van der Waals surface area contributed by atoms with Crippen LogP contribution in [0.1, 0.15) is 12.5 Å². The van der Waals surface area contributed by atoms with Gasteiger partial charge in [-0.15, -0.1) is 0 Å². The number of carboxylic acids is 1. The molecule has 0 aliphatic carbocycles. The zero-order valence-electron chi connectivity index (χ0n) is 7.77. The molecular formula is C9H12N2O3. The molecule has 1 aromatic heterocycles. The third-order valence-corrected chi connectivity index (χ3v) is 1.87. The predicted octanol–water partition coefficient (Wildman–Crippen LogP) is 0.132. The van der Waals surface area contributed by atoms with Crippen molar-refractivity contribution in [2.75, 3.05) is 0 Å². The van der Waals surface area contributed by atoms with Gasteiger partial charge in [-0.3, -0.25) is 4.79 Å².